The van der Waals surface area contributed by atoms with Gasteiger partial charge in [0.1, 0.15) is 0 Å². The van der Waals surface area contributed by atoms with Crippen molar-refractivity contribution in [2.24, 2.45) is 0 Å². The average Bonchev–Trinajstić information content (AvgIpc) is 3.10. The minimum atomic E-state index is -0.0875. The summed E-state index contributed by atoms with van der Waals surface area (Å²) in [6.07, 6.45) is 4.45. The molecule has 2 aromatic heterocycles. The lowest BCUT2D eigenvalue weighted by molar-refractivity contribution is 0.206. The van der Waals surface area contributed by atoms with E-state index in [1.807, 2.05) is 60.6 Å². The number of nitrogens with one attached hydrogen (secondary N) is 2. The first kappa shape index (κ1) is 15.4. The Kier molecular flexibility index (Phi) is 3.76. The molecule has 1 aliphatic rings. The lowest BCUT2D eigenvalue weighted by Crippen LogP contribution is -2.39. The minimum absolute atomic E-state index is 0.0875. The molecule has 7 heteroatoms. The summed E-state index contributed by atoms with van der Waals surface area (Å²) in [7, 11) is 3.98. The largest absolute Gasteiger partial charge is 0.378 e. The molecule has 0 spiro atoms. The molecule has 1 aliphatic heterocycles. The van der Waals surface area contributed by atoms with Crippen molar-refractivity contribution >= 4 is 28.4 Å². The van der Waals surface area contributed by atoms with Gasteiger partial charge in [-0.3, -0.25) is 5.10 Å². The Labute approximate surface area is 145 Å². The summed E-state index contributed by atoms with van der Waals surface area (Å²) in [4.78, 5) is 20.8. The number of amides is 2. The zero-order chi connectivity index (χ0) is 17.4. The molecule has 0 unspecified atom stereocenters. The summed E-state index contributed by atoms with van der Waals surface area (Å²) >= 11 is 0. The minimum Gasteiger partial charge on any atom is -0.378 e. The molecule has 0 fully saturated rings. The topological polar surface area (TPSA) is 77.2 Å². The predicted molar refractivity (Wildman–Crippen MR) is 97.8 cm³/mol. The number of urea groups is 1. The van der Waals surface area contributed by atoms with Gasteiger partial charge in [-0.05, 0) is 41.8 Å². The van der Waals surface area contributed by atoms with Gasteiger partial charge in [-0.15, -0.1) is 0 Å². The highest BCUT2D eigenvalue weighted by Gasteiger charge is 2.23. The van der Waals surface area contributed by atoms with E-state index >= 15 is 0 Å². The predicted octanol–water partition coefficient (Wildman–Crippen LogP) is 2.61. The van der Waals surface area contributed by atoms with E-state index in [1.165, 1.54) is 5.56 Å². The molecule has 128 valence electrons. The summed E-state index contributed by atoms with van der Waals surface area (Å²) in [5.74, 6) is 0. The number of fused-ring (bicyclic) bond motifs is 3. The number of benzene rings is 1. The molecule has 3 heterocycles. The summed E-state index contributed by atoms with van der Waals surface area (Å²) in [5.41, 5.74) is 5.01. The molecule has 1 aromatic carbocycles. The Morgan fingerprint density at radius 1 is 1.24 bits per heavy atom. The third kappa shape index (κ3) is 2.88. The molecule has 0 radical (unpaired) electrons. The van der Waals surface area contributed by atoms with Crippen molar-refractivity contribution < 1.29 is 4.79 Å². The van der Waals surface area contributed by atoms with Gasteiger partial charge in [0.2, 0.25) is 0 Å². The van der Waals surface area contributed by atoms with Gasteiger partial charge in [0.15, 0.2) is 5.65 Å². The maximum atomic E-state index is 12.6. The van der Waals surface area contributed by atoms with Crippen LogP contribution < -0.4 is 10.2 Å². The first-order valence-electron chi connectivity index (χ1n) is 8.25. The highest BCUT2D eigenvalue weighted by Crippen LogP contribution is 2.25. The van der Waals surface area contributed by atoms with Crippen molar-refractivity contribution in [3.8, 4) is 0 Å². The van der Waals surface area contributed by atoms with Crippen LogP contribution in [-0.2, 0) is 13.0 Å². The normalized spacial score (nSPS) is 13.6. The molecule has 0 aliphatic carbocycles. The van der Waals surface area contributed by atoms with Crippen molar-refractivity contribution in [2.45, 2.75) is 13.0 Å². The zero-order valence-corrected chi connectivity index (χ0v) is 14.3. The maximum absolute atomic E-state index is 12.6. The molecular formula is C18H20N6O. The monoisotopic (exact) mass is 336 g/mol. The van der Waals surface area contributed by atoms with Crippen molar-refractivity contribution in [1.29, 1.82) is 0 Å². The summed E-state index contributed by atoms with van der Waals surface area (Å²) < 4.78 is 0. The quantitative estimate of drug-likeness (QED) is 0.754. The average molecular weight is 336 g/mol. The van der Waals surface area contributed by atoms with E-state index in [4.69, 9.17) is 0 Å². The van der Waals surface area contributed by atoms with Crippen LogP contribution in [0.2, 0.25) is 0 Å². The fourth-order valence-corrected chi connectivity index (χ4v) is 3.17. The Hall–Kier alpha value is -3.09. The lowest BCUT2D eigenvalue weighted by atomic mass is 9.99. The zero-order valence-electron chi connectivity index (χ0n) is 14.3. The highest BCUT2D eigenvalue weighted by molar-refractivity contribution is 5.90. The number of anilines is 2. The van der Waals surface area contributed by atoms with Gasteiger partial charge in [-0.2, -0.15) is 5.10 Å². The van der Waals surface area contributed by atoms with Crippen molar-refractivity contribution in [2.75, 3.05) is 30.9 Å². The van der Waals surface area contributed by atoms with Crippen LogP contribution in [0.15, 0.2) is 36.7 Å². The van der Waals surface area contributed by atoms with E-state index in [2.05, 4.69) is 20.5 Å². The van der Waals surface area contributed by atoms with Crippen LogP contribution in [0.3, 0.4) is 0 Å². The molecule has 7 nitrogen and oxygen atoms in total. The van der Waals surface area contributed by atoms with Crippen molar-refractivity contribution in [1.82, 2.24) is 20.1 Å². The van der Waals surface area contributed by atoms with Crippen LogP contribution in [0.5, 0.6) is 0 Å². The SMILES string of the molecule is CN(C)c1ccc(NC(=O)N2CCc3c(cnc4[nH]ncc34)C2)cc1. The van der Waals surface area contributed by atoms with Gasteiger partial charge < -0.3 is 15.1 Å². The van der Waals surface area contributed by atoms with Crippen LogP contribution in [0, 0.1) is 0 Å². The number of pyridine rings is 1. The number of hydrogen-bond donors (Lipinski definition) is 2. The number of nitrogens with zero attached hydrogens (tertiary/aromatic N) is 4. The van der Waals surface area contributed by atoms with E-state index in [-0.39, 0.29) is 6.03 Å². The van der Waals surface area contributed by atoms with Gasteiger partial charge in [0.25, 0.3) is 0 Å². The molecule has 4 rings (SSSR count). The molecule has 0 bridgehead atoms. The van der Waals surface area contributed by atoms with E-state index in [9.17, 15) is 4.79 Å². The Morgan fingerprint density at radius 2 is 2.04 bits per heavy atom. The van der Waals surface area contributed by atoms with Crippen molar-refractivity contribution in [3.63, 3.8) is 0 Å². The number of aromatic nitrogens is 3. The number of H-pyrrole nitrogens is 1. The van der Waals surface area contributed by atoms with E-state index in [0.717, 1.165) is 34.4 Å². The van der Waals surface area contributed by atoms with Gasteiger partial charge in [-0.25, -0.2) is 9.78 Å². The summed E-state index contributed by atoms with van der Waals surface area (Å²) in [6, 6.07) is 7.72. The molecule has 3 aromatic rings. The third-order valence-electron chi connectivity index (χ3n) is 4.60. The molecule has 2 N–H and O–H groups in total. The molecule has 25 heavy (non-hydrogen) atoms. The van der Waals surface area contributed by atoms with E-state index in [1.54, 1.807) is 0 Å². The second-order valence-electron chi connectivity index (χ2n) is 6.44. The lowest BCUT2D eigenvalue weighted by Gasteiger charge is -2.29. The number of carbonyl (C=O) groups excluding carboxylic acids is 1. The van der Waals surface area contributed by atoms with Gasteiger partial charge >= 0.3 is 6.03 Å². The fraction of sp³-hybridized carbons (Fsp3) is 0.278. The van der Waals surface area contributed by atoms with Crippen LogP contribution in [0.1, 0.15) is 11.1 Å². The fourth-order valence-electron chi connectivity index (χ4n) is 3.17. The van der Waals surface area contributed by atoms with Crippen LogP contribution in [0.25, 0.3) is 11.0 Å². The molecule has 2 amide bonds. The van der Waals surface area contributed by atoms with Crippen LogP contribution >= 0.6 is 0 Å². The highest BCUT2D eigenvalue weighted by atomic mass is 16.2. The standard InChI is InChI=1S/C18H20N6O/c1-23(2)14-5-3-13(4-6-14)21-18(25)24-8-7-15-12(11-24)9-19-17-16(15)10-20-22-17/h3-6,9-10H,7-8,11H2,1-2H3,(H,21,25)(H,19,20,22). The summed E-state index contributed by atoms with van der Waals surface area (Å²) in [5, 5.41) is 11.0. The summed E-state index contributed by atoms with van der Waals surface area (Å²) in [6.45, 7) is 1.24. The number of rotatable bonds is 2. The molecule has 0 saturated heterocycles. The third-order valence-corrected chi connectivity index (χ3v) is 4.60. The van der Waals surface area contributed by atoms with Crippen LogP contribution in [-0.4, -0.2) is 46.8 Å². The first-order chi connectivity index (χ1) is 12.1. The van der Waals surface area contributed by atoms with Gasteiger partial charge in [0.05, 0.1) is 6.20 Å². The second-order valence-corrected chi connectivity index (χ2v) is 6.44. The Balaban J connectivity index is 1.48. The number of aromatic amines is 1. The molecule has 0 atom stereocenters. The maximum Gasteiger partial charge on any atom is 0.322 e. The first-order valence-corrected chi connectivity index (χ1v) is 8.25. The van der Waals surface area contributed by atoms with Gasteiger partial charge in [-0.1, -0.05) is 0 Å². The number of carbonyl (C=O) groups is 1. The molecule has 0 saturated carbocycles. The molecular weight excluding hydrogens is 316 g/mol. The smallest absolute Gasteiger partial charge is 0.322 e. The van der Waals surface area contributed by atoms with Gasteiger partial charge in [0, 0.05) is 50.1 Å². The van der Waals surface area contributed by atoms with Crippen LogP contribution in [0.4, 0.5) is 16.2 Å². The second kappa shape index (κ2) is 6.08. The Morgan fingerprint density at radius 3 is 2.80 bits per heavy atom. The number of hydrogen-bond acceptors (Lipinski definition) is 4. The van der Waals surface area contributed by atoms with E-state index in [0.29, 0.717) is 13.1 Å². The van der Waals surface area contributed by atoms with E-state index < -0.39 is 0 Å². The Bertz CT molecular complexity index is 915. The van der Waals surface area contributed by atoms with Crippen molar-refractivity contribution in [3.05, 3.63) is 47.8 Å².